The highest BCUT2D eigenvalue weighted by molar-refractivity contribution is 5.95. The summed E-state index contributed by atoms with van der Waals surface area (Å²) in [7, 11) is 0. The molecule has 0 aliphatic heterocycles. The number of halogens is 6. The van der Waals surface area contributed by atoms with Crippen molar-refractivity contribution in [1.29, 1.82) is 0 Å². The summed E-state index contributed by atoms with van der Waals surface area (Å²) in [6, 6.07) is 0. The summed E-state index contributed by atoms with van der Waals surface area (Å²) in [6.45, 7) is 2.93. The molecule has 0 amide bonds. The minimum atomic E-state index is -2.19. The third-order valence-electron chi connectivity index (χ3n) is 2.25. The first-order valence-corrected chi connectivity index (χ1v) is 3.99. The van der Waals surface area contributed by atoms with E-state index in [1.807, 2.05) is 0 Å². The molecule has 0 unspecified atom stereocenters. The highest BCUT2D eigenvalue weighted by Crippen LogP contribution is 2.45. The second-order valence-corrected chi connectivity index (χ2v) is 3.11. The highest BCUT2D eigenvalue weighted by atomic mass is 19.2. The Morgan fingerprint density at radius 3 is 1.50 bits per heavy atom. The lowest BCUT2D eigenvalue weighted by Crippen LogP contribution is -2.03. The molecule has 0 bridgehead atoms. The van der Waals surface area contributed by atoms with Gasteiger partial charge >= 0.3 is 0 Å². The van der Waals surface area contributed by atoms with Crippen LogP contribution in [0.4, 0.5) is 26.3 Å². The fourth-order valence-electron chi connectivity index (χ4n) is 1.47. The van der Waals surface area contributed by atoms with Gasteiger partial charge in [0.1, 0.15) is 0 Å². The van der Waals surface area contributed by atoms with Crippen LogP contribution in [0.3, 0.4) is 0 Å². The quantitative estimate of drug-likeness (QED) is 0.364. The minimum absolute atomic E-state index is 0.845. The molecule has 0 fully saturated rings. The Bertz CT molecular complexity index is 555. The van der Waals surface area contributed by atoms with Crippen LogP contribution < -0.4 is 0 Å². The van der Waals surface area contributed by atoms with E-state index in [9.17, 15) is 26.3 Å². The van der Waals surface area contributed by atoms with Crippen LogP contribution in [0, 0.1) is 23.3 Å². The Labute approximate surface area is 85.5 Å². The average Bonchev–Trinajstić information content (AvgIpc) is 2.48. The third kappa shape index (κ3) is 1.07. The Morgan fingerprint density at radius 2 is 1.00 bits per heavy atom. The largest absolute Gasteiger partial charge is 0.203 e. The fraction of sp³-hybridized carbons (Fsp3) is 0. The zero-order valence-electron chi connectivity index (χ0n) is 7.47. The van der Waals surface area contributed by atoms with Crippen LogP contribution in [0.25, 0.3) is 11.4 Å². The van der Waals surface area contributed by atoms with Crippen molar-refractivity contribution in [3.63, 3.8) is 0 Å². The molecule has 0 aromatic heterocycles. The zero-order valence-corrected chi connectivity index (χ0v) is 7.47. The summed E-state index contributed by atoms with van der Waals surface area (Å²) in [4.78, 5) is 0. The Morgan fingerprint density at radius 1 is 0.562 bits per heavy atom. The predicted molar refractivity (Wildman–Crippen MR) is 44.4 cm³/mol. The zero-order chi connectivity index (χ0) is 12.2. The van der Waals surface area contributed by atoms with Crippen molar-refractivity contribution in [2.75, 3.05) is 0 Å². The van der Waals surface area contributed by atoms with Gasteiger partial charge in [-0.2, -0.15) is 0 Å². The molecule has 84 valence electrons. The SMILES string of the molecule is C=C1C(F)=C(F)c2c(F)c(F)c(F)c(F)c21. The second kappa shape index (κ2) is 3.13. The molecule has 6 heteroatoms. The average molecular weight is 236 g/mol. The summed E-state index contributed by atoms with van der Waals surface area (Å²) >= 11 is 0. The van der Waals surface area contributed by atoms with Gasteiger partial charge in [-0.3, -0.25) is 0 Å². The lowest BCUT2D eigenvalue weighted by atomic mass is 10.0. The third-order valence-corrected chi connectivity index (χ3v) is 2.25. The molecule has 2 rings (SSSR count). The van der Waals surface area contributed by atoms with E-state index < -0.39 is 51.6 Å². The summed E-state index contributed by atoms with van der Waals surface area (Å²) in [5.41, 5.74) is -3.13. The summed E-state index contributed by atoms with van der Waals surface area (Å²) < 4.78 is 77.8. The molecule has 1 aromatic carbocycles. The first-order chi connectivity index (χ1) is 7.37. The Balaban J connectivity index is 2.94. The standard InChI is InChI=1S/C10H2F6/c1-2-3-4(7(13)5(2)11)8(14)10(16)9(15)6(3)12/h1H2. The predicted octanol–water partition coefficient (Wildman–Crippen LogP) is 3.88. The molecular formula is C10H2F6. The van der Waals surface area contributed by atoms with Crippen LogP contribution in [0.5, 0.6) is 0 Å². The molecule has 16 heavy (non-hydrogen) atoms. The number of hydrogen-bond donors (Lipinski definition) is 0. The Hall–Kier alpha value is -1.72. The Kier molecular flexibility index (Phi) is 2.11. The fourth-order valence-corrected chi connectivity index (χ4v) is 1.47. The molecule has 0 radical (unpaired) electrons. The molecule has 0 atom stereocenters. The maximum atomic E-state index is 13.1. The first kappa shape index (κ1) is 10.8. The van der Waals surface area contributed by atoms with E-state index in [1.165, 1.54) is 0 Å². The van der Waals surface area contributed by atoms with Crippen molar-refractivity contribution in [2.45, 2.75) is 0 Å². The maximum absolute atomic E-state index is 13.1. The van der Waals surface area contributed by atoms with Gasteiger partial charge in [0.2, 0.25) is 0 Å². The van der Waals surface area contributed by atoms with Crippen LogP contribution in [0.15, 0.2) is 12.4 Å². The number of rotatable bonds is 0. The lowest BCUT2D eigenvalue weighted by Gasteiger charge is -2.05. The van der Waals surface area contributed by atoms with Crippen molar-refractivity contribution in [2.24, 2.45) is 0 Å². The van der Waals surface area contributed by atoms with Crippen LogP contribution in [0.1, 0.15) is 11.1 Å². The molecule has 0 nitrogen and oxygen atoms in total. The van der Waals surface area contributed by atoms with Crippen LogP contribution in [0.2, 0.25) is 0 Å². The number of hydrogen-bond acceptors (Lipinski definition) is 0. The lowest BCUT2D eigenvalue weighted by molar-refractivity contribution is 0.406. The van der Waals surface area contributed by atoms with Gasteiger partial charge in [0, 0.05) is 11.1 Å². The number of allylic oxidation sites excluding steroid dienone is 2. The van der Waals surface area contributed by atoms with E-state index in [1.54, 1.807) is 0 Å². The van der Waals surface area contributed by atoms with E-state index in [0.717, 1.165) is 0 Å². The van der Waals surface area contributed by atoms with Crippen molar-refractivity contribution in [3.8, 4) is 0 Å². The van der Waals surface area contributed by atoms with Crippen LogP contribution in [-0.2, 0) is 0 Å². The molecule has 0 spiro atoms. The van der Waals surface area contributed by atoms with Crippen molar-refractivity contribution in [1.82, 2.24) is 0 Å². The van der Waals surface area contributed by atoms with E-state index in [-0.39, 0.29) is 0 Å². The summed E-state index contributed by atoms with van der Waals surface area (Å²) in [6.07, 6.45) is 0. The minimum Gasteiger partial charge on any atom is -0.203 e. The molecule has 1 aromatic rings. The van der Waals surface area contributed by atoms with Gasteiger partial charge in [-0.1, -0.05) is 6.58 Å². The molecule has 0 saturated carbocycles. The molecule has 0 heterocycles. The molecule has 0 N–H and O–H groups in total. The number of benzene rings is 1. The van der Waals surface area contributed by atoms with Gasteiger partial charge in [-0.05, 0) is 0 Å². The first-order valence-electron chi connectivity index (χ1n) is 3.99. The number of fused-ring (bicyclic) bond motifs is 1. The second-order valence-electron chi connectivity index (χ2n) is 3.11. The van der Waals surface area contributed by atoms with Crippen LogP contribution >= 0.6 is 0 Å². The smallest absolute Gasteiger partial charge is 0.198 e. The van der Waals surface area contributed by atoms with E-state index in [2.05, 4.69) is 6.58 Å². The van der Waals surface area contributed by atoms with Crippen LogP contribution in [-0.4, -0.2) is 0 Å². The normalized spacial score (nSPS) is 14.8. The monoisotopic (exact) mass is 236 g/mol. The van der Waals surface area contributed by atoms with Crippen molar-refractivity contribution < 1.29 is 26.3 Å². The van der Waals surface area contributed by atoms with Gasteiger partial charge in [-0.15, -0.1) is 0 Å². The summed E-state index contributed by atoms with van der Waals surface area (Å²) in [5.74, 6) is -11.6. The van der Waals surface area contributed by atoms with E-state index in [4.69, 9.17) is 0 Å². The van der Waals surface area contributed by atoms with Gasteiger partial charge in [0.15, 0.2) is 34.9 Å². The topological polar surface area (TPSA) is 0 Å². The van der Waals surface area contributed by atoms with Gasteiger partial charge < -0.3 is 0 Å². The van der Waals surface area contributed by atoms with Crippen molar-refractivity contribution >= 4 is 11.4 Å². The van der Waals surface area contributed by atoms with E-state index in [0.29, 0.717) is 0 Å². The van der Waals surface area contributed by atoms with Gasteiger partial charge in [0.05, 0.1) is 5.56 Å². The maximum Gasteiger partial charge on any atom is 0.198 e. The molecule has 1 aliphatic rings. The van der Waals surface area contributed by atoms with E-state index >= 15 is 0 Å². The van der Waals surface area contributed by atoms with Gasteiger partial charge in [0.25, 0.3) is 0 Å². The molecule has 1 aliphatic carbocycles. The molecular weight excluding hydrogens is 234 g/mol. The highest BCUT2D eigenvalue weighted by Gasteiger charge is 2.36. The summed E-state index contributed by atoms with van der Waals surface area (Å²) in [5, 5.41) is 0. The van der Waals surface area contributed by atoms with Crippen molar-refractivity contribution in [3.05, 3.63) is 46.8 Å². The molecule has 0 saturated heterocycles. The van der Waals surface area contributed by atoms with Gasteiger partial charge in [-0.25, -0.2) is 26.3 Å².